The Morgan fingerprint density at radius 1 is 1.10 bits per heavy atom. The van der Waals surface area contributed by atoms with Crippen molar-refractivity contribution in [3.8, 4) is 11.5 Å². The van der Waals surface area contributed by atoms with Crippen molar-refractivity contribution < 1.29 is 9.47 Å². The Morgan fingerprint density at radius 2 is 1.90 bits per heavy atom. The van der Waals surface area contributed by atoms with Crippen LogP contribution in [-0.2, 0) is 0 Å². The van der Waals surface area contributed by atoms with Gasteiger partial charge in [0.2, 0.25) is 0 Å². The van der Waals surface area contributed by atoms with Crippen LogP contribution in [0, 0.1) is 5.92 Å². The molecule has 0 bridgehead atoms. The Balaban J connectivity index is 2.11. The van der Waals surface area contributed by atoms with Crippen LogP contribution in [0.3, 0.4) is 0 Å². The first-order chi connectivity index (χ1) is 9.74. The van der Waals surface area contributed by atoms with Crippen LogP contribution in [0.25, 0.3) is 10.9 Å². The van der Waals surface area contributed by atoms with Gasteiger partial charge in [0.25, 0.3) is 0 Å². The summed E-state index contributed by atoms with van der Waals surface area (Å²) in [6.45, 7) is 2.37. The molecule has 2 atom stereocenters. The molecule has 3 heteroatoms. The highest BCUT2D eigenvalue weighted by molar-refractivity contribution is 5.88. The summed E-state index contributed by atoms with van der Waals surface area (Å²) in [6.07, 6.45) is 7.49. The molecule has 1 fully saturated rings. The monoisotopic (exact) mass is 273 g/mol. The van der Waals surface area contributed by atoms with E-state index in [1.807, 2.05) is 6.07 Å². The van der Waals surface area contributed by atoms with E-state index in [0.29, 0.717) is 6.04 Å². The van der Waals surface area contributed by atoms with Crippen LogP contribution in [-0.4, -0.2) is 18.8 Å². The van der Waals surface area contributed by atoms with E-state index in [9.17, 15) is 0 Å². The largest absolute Gasteiger partial charge is 0.497 e. The highest BCUT2D eigenvalue weighted by atomic mass is 16.5. The van der Waals surface area contributed by atoms with Gasteiger partial charge < -0.3 is 14.0 Å². The minimum atomic E-state index is 0.595. The second-order valence-corrected chi connectivity index (χ2v) is 5.81. The fourth-order valence-electron chi connectivity index (χ4n) is 3.49. The summed E-state index contributed by atoms with van der Waals surface area (Å²) in [6, 6.07) is 6.84. The molecular formula is C17H23NO2. The van der Waals surface area contributed by atoms with Gasteiger partial charge in [-0.05, 0) is 24.8 Å². The first-order valence-electron chi connectivity index (χ1n) is 7.47. The van der Waals surface area contributed by atoms with Gasteiger partial charge >= 0.3 is 0 Å². The van der Waals surface area contributed by atoms with Crippen LogP contribution in [0.2, 0.25) is 0 Å². The molecule has 0 saturated heterocycles. The number of methoxy groups -OCH3 is 2. The summed E-state index contributed by atoms with van der Waals surface area (Å²) in [5.41, 5.74) is 1.22. The van der Waals surface area contributed by atoms with Gasteiger partial charge in [0.05, 0.1) is 19.7 Å². The van der Waals surface area contributed by atoms with Crippen molar-refractivity contribution in [1.82, 2.24) is 4.57 Å². The van der Waals surface area contributed by atoms with Gasteiger partial charge in [0.1, 0.15) is 11.5 Å². The third kappa shape index (κ3) is 2.15. The zero-order chi connectivity index (χ0) is 14.1. The standard InChI is InChI=1S/C17H23NO2/c1-12-6-4-5-7-15(12)18-9-8-14-16(18)10-13(19-2)11-17(14)20-3/h8-12,15H,4-7H2,1-3H3/t12-,15+/m0/s1. The molecule has 0 aliphatic heterocycles. The predicted octanol–water partition coefficient (Wildman–Crippen LogP) is 4.41. The molecule has 0 spiro atoms. The Hall–Kier alpha value is -1.64. The van der Waals surface area contributed by atoms with Crippen molar-refractivity contribution in [1.29, 1.82) is 0 Å². The second kappa shape index (κ2) is 5.39. The average Bonchev–Trinajstić information content (AvgIpc) is 2.90. The lowest BCUT2D eigenvalue weighted by atomic mass is 9.85. The maximum atomic E-state index is 5.50. The molecule has 0 radical (unpaired) electrons. The van der Waals surface area contributed by atoms with Crippen LogP contribution >= 0.6 is 0 Å². The molecule has 2 aromatic rings. The molecule has 1 aliphatic rings. The fraction of sp³-hybridized carbons (Fsp3) is 0.529. The number of benzene rings is 1. The number of rotatable bonds is 3. The summed E-state index contributed by atoms with van der Waals surface area (Å²) < 4.78 is 13.3. The number of ether oxygens (including phenoxy) is 2. The van der Waals surface area contributed by atoms with E-state index in [4.69, 9.17) is 9.47 Å². The Labute approximate surface area is 120 Å². The summed E-state index contributed by atoms with van der Waals surface area (Å²) in [5.74, 6) is 2.48. The van der Waals surface area contributed by atoms with Crippen molar-refractivity contribution in [2.24, 2.45) is 5.92 Å². The van der Waals surface area contributed by atoms with E-state index in [2.05, 4.69) is 29.8 Å². The van der Waals surface area contributed by atoms with Gasteiger partial charge in [-0.2, -0.15) is 0 Å². The van der Waals surface area contributed by atoms with Crippen molar-refractivity contribution >= 4 is 10.9 Å². The number of nitrogens with zero attached hydrogens (tertiary/aromatic N) is 1. The number of hydrogen-bond donors (Lipinski definition) is 0. The molecule has 0 unspecified atom stereocenters. The maximum absolute atomic E-state index is 5.50. The Bertz CT molecular complexity index is 602. The fourth-order valence-corrected chi connectivity index (χ4v) is 3.49. The molecule has 1 aromatic heterocycles. The lowest BCUT2D eigenvalue weighted by molar-refractivity contribution is 0.262. The lowest BCUT2D eigenvalue weighted by Gasteiger charge is -2.31. The Kier molecular flexibility index (Phi) is 3.60. The van der Waals surface area contributed by atoms with Gasteiger partial charge in [-0.3, -0.25) is 0 Å². The molecule has 1 heterocycles. The molecule has 108 valence electrons. The van der Waals surface area contributed by atoms with Gasteiger partial charge in [-0.1, -0.05) is 19.8 Å². The molecule has 1 saturated carbocycles. The van der Waals surface area contributed by atoms with Crippen LogP contribution in [0.15, 0.2) is 24.4 Å². The predicted molar refractivity (Wildman–Crippen MR) is 81.7 cm³/mol. The number of fused-ring (bicyclic) bond motifs is 1. The van der Waals surface area contributed by atoms with E-state index < -0.39 is 0 Å². The average molecular weight is 273 g/mol. The summed E-state index contributed by atoms with van der Waals surface area (Å²) >= 11 is 0. The molecule has 3 nitrogen and oxygen atoms in total. The van der Waals surface area contributed by atoms with Gasteiger partial charge in [0, 0.05) is 29.8 Å². The van der Waals surface area contributed by atoms with Crippen LogP contribution < -0.4 is 9.47 Å². The highest BCUT2D eigenvalue weighted by Gasteiger charge is 2.24. The van der Waals surface area contributed by atoms with E-state index in [1.165, 1.54) is 36.6 Å². The molecule has 0 N–H and O–H groups in total. The zero-order valence-corrected chi connectivity index (χ0v) is 12.6. The van der Waals surface area contributed by atoms with Gasteiger partial charge in [0.15, 0.2) is 0 Å². The summed E-state index contributed by atoms with van der Waals surface area (Å²) in [7, 11) is 3.42. The second-order valence-electron chi connectivity index (χ2n) is 5.81. The van der Waals surface area contributed by atoms with Crippen LogP contribution in [0.5, 0.6) is 11.5 Å². The van der Waals surface area contributed by atoms with E-state index in [-0.39, 0.29) is 0 Å². The quantitative estimate of drug-likeness (QED) is 0.827. The van der Waals surface area contributed by atoms with E-state index in [1.54, 1.807) is 14.2 Å². The number of aromatic nitrogens is 1. The van der Waals surface area contributed by atoms with Gasteiger partial charge in [-0.15, -0.1) is 0 Å². The smallest absolute Gasteiger partial charge is 0.131 e. The van der Waals surface area contributed by atoms with Crippen LogP contribution in [0.1, 0.15) is 38.6 Å². The first kappa shape index (κ1) is 13.3. The topological polar surface area (TPSA) is 23.4 Å². The maximum Gasteiger partial charge on any atom is 0.131 e. The molecule has 3 rings (SSSR count). The molecule has 20 heavy (non-hydrogen) atoms. The number of hydrogen-bond acceptors (Lipinski definition) is 2. The third-order valence-electron chi connectivity index (χ3n) is 4.65. The summed E-state index contributed by atoms with van der Waals surface area (Å²) in [4.78, 5) is 0. The molecule has 0 amide bonds. The van der Waals surface area contributed by atoms with Crippen LogP contribution in [0.4, 0.5) is 0 Å². The van der Waals surface area contributed by atoms with Crippen molar-refractivity contribution in [2.75, 3.05) is 14.2 Å². The van der Waals surface area contributed by atoms with E-state index >= 15 is 0 Å². The SMILES string of the molecule is COc1cc(OC)c2ccn([C@@H]3CCCC[C@@H]3C)c2c1. The first-order valence-corrected chi connectivity index (χ1v) is 7.47. The zero-order valence-electron chi connectivity index (χ0n) is 12.6. The molecule has 1 aromatic carbocycles. The third-order valence-corrected chi connectivity index (χ3v) is 4.65. The van der Waals surface area contributed by atoms with Crippen molar-refractivity contribution in [2.45, 2.75) is 38.6 Å². The Morgan fingerprint density at radius 3 is 2.60 bits per heavy atom. The summed E-state index contributed by atoms with van der Waals surface area (Å²) in [5, 5.41) is 1.17. The normalized spacial score (nSPS) is 22.9. The van der Waals surface area contributed by atoms with Gasteiger partial charge in [-0.25, -0.2) is 0 Å². The van der Waals surface area contributed by atoms with Crippen molar-refractivity contribution in [3.63, 3.8) is 0 Å². The lowest BCUT2D eigenvalue weighted by Crippen LogP contribution is -2.20. The van der Waals surface area contributed by atoms with Crippen molar-refractivity contribution in [3.05, 3.63) is 24.4 Å². The molecule has 1 aliphatic carbocycles. The minimum Gasteiger partial charge on any atom is -0.497 e. The highest BCUT2D eigenvalue weighted by Crippen LogP contribution is 2.39. The minimum absolute atomic E-state index is 0.595. The van der Waals surface area contributed by atoms with E-state index in [0.717, 1.165) is 17.4 Å². The molecular weight excluding hydrogens is 250 g/mol.